The number of hydrogen-bond donors (Lipinski definition) is 2. The van der Waals surface area contributed by atoms with Crippen LogP contribution in [0.25, 0.3) is 11.0 Å². The zero-order valence-electron chi connectivity index (χ0n) is 18.1. The Morgan fingerprint density at radius 2 is 1.91 bits per heavy atom. The molecule has 1 aromatic carbocycles. The predicted molar refractivity (Wildman–Crippen MR) is 120 cm³/mol. The number of likely N-dealkylation sites (tertiary alicyclic amines) is 1. The maximum atomic E-state index is 14.0. The molecule has 7 heteroatoms. The van der Waals surface area contributed by atoms with Gasteiger partial charge in [0.05, 0.1) is 24.6 Å². The lowest BCUT2D eigenvalue weighted by Crippen LogP contribution is -2.44. The van der Waals surface area contributed by atoms with Crippen LogP contribution in [0.1, 0.15) is 48.0 Å². The first-order valence-electron chi connectivity index (χ1n) is 11.9. The van der Waals surface area contributed by atoms with E-state index in [-0.39, 0.29) is 11.9 Å². The van der Waals surface area contributed by atoms with Crippen molar-refractivity contribution in [2.24, 2.45) is 11.8 Å². The molecule has 0 bridgehead atoms. The van der Waals surface area contributed by atoms with Crippen molar-refractivity contribution in [3.05, 3.63) is 53.2 Å². The molecule has 32 heavy (non-hydrogen) atoms. The van der Waals surface area contributed by atoms with Crippen molar-refractivity contribution in [2.75, 3.05) is 31.6 Å². The van der Waals surface area contributed by atoms with E-state index in [0.29, 0.717) is 23.8 Å². The van der Waals surface area contributed by atoms with Gasteiger partial charge < -0.3 is 15.0 Å². The van der Waals surface area contributed by atoms with Gasteiger partial charge in [0.2, 0.25) is 0 Å². The minimum atomic E-state index is -0.155. The number of nitrogens with one attached hydrogen (secondary N) is 2. The monoisotopic (exact) mass is 433 g/mol. The lowest BCUT2D eigenvalue weighted by atomic mass is 9.83. The number of hydrogen-bond acceptors (Lipinski definition) is 5. The average Bonchev–Trinajstić information content (AvgIpc) is 3.20. The molecule has 3 aromatic rings. The number of fused-ring (bicyclic) bond motifs is 3. The highest BCUT2D eigenvalue weighted by molar-refractivity contribution is 5.88. The minimum absolute atomic E-state index is 0.0662. The first-order chi connectivity index (χ1) is 15.7. The molecule has 4 aliphatic rings. The van der Waals surface area contributed by atoms with Gasteiger partial charge in [-0.2, -0.15) is 0 Å². The zero-order chi connectivity index (χ0) is 21.2. The Labute approximate surface area is 186 Å². The van der Waals surface area contributed by atoms with Crippen molar-refractivity contribution in [1.29, 1.82) is 0 Å². The van der Waals surface area contributed by atoms with E-state index in [1.807, 2.05) is 6.07 Å². The van der Waals surface area contributed by atoms with Crippen LogP contribution in [0, 0.1) is 17.7 Å². The lowest BCUT2D eigenvalue weighted by molar-refractivity contribution is 0.127. The molecule has 4 heterocycles. The van der Waals surface area contributed by atoms with Gasteiger partial charge in [0.1, 0.15) is 23.6 Å². The number of rotatable bonds is 4. The molecule has 0 radical (unpaired) electrons. The summed E-state index contributed by atoms with van der Waals surface area (Å²) in [4.78, 5) is 15.3. The number of nitrogens with zero attached hydrogens (tertiary/aromatic N) is 3. The molecule has 2 saturated heterocycles. The van der Waals surface area contributed by atoms with Gasteiger partial charge in [0.25, 0.3) is 0 Å². The summed E-state index contributed by atoms with van der Waals surface area (Å²) < 4.78 is 19.7. The van der Waals surface area contributed by atoms with E-state index in [1.54, 1.807) is 18.5 Å². The fraction of sp³-hybridized carbons (Fsp3) is 0.520. The summed E-state index contributed by atoms with van der Waals surface area (Å²) in [7, 11) is 0. The Morgan fingerprint density at radius 1 is 1.06 bits per heavy atom. The summed E-state index contributed by atoms with van der Waals surface area (Å²) in [5, 5.41) is 4.85. The smallest absolute Gasteiger partial charge is 0.143 e. The number of aromatic nitrogens is 3. The highest BCUT2D eigenvalue weighted by Crippen LogP contribution is 2.43. The van der Waals surface area contributed by atoms with Crippen molar-refractivity contribution in [2.45, 2.75) is 43.7 Å². The van der Waals surface area contributed by atoms with Crippen LogP contribution < -0.4 is 5.32 Å². The summed E-state index contributed by atoms with van der Waals surface area (Å²) in [5.41, 5.74) is 4.46. The number of ether oxygens (including phenoxy) is 1. The SMILES string of the molecule is Fc1ccc2c(c1)CC[C@H](N1CC3COC[C@H]3C1)[C@H]2Nc1ncnc2[nH]c(C3CC3)cc12. The Bertz CT molecular complexity index is 1160. The standard InChI is InChI=1S/C25H28FN5O/c26-18-4-5-19-15(7-18)3-6-22(31-9-16-11-32-12-17(16)10-31)23(19)30-25-20-8-21(14-1-2-14)29-24(20)27-13-28-25/h4-5,7-8,13-14,16-17,22-23H,1-3,6,9-12H2,(H2,27,28,29,30)/t16-,17?,22+,23+/m1/s1. The molecule has 2 aliphatic carbocycles. The molecule has 3 fully saturated rings. The van der Waals surface area contributed by atoms with Gasteiger partial charge in [-0.25, -0.2) is 14.4 Å². The van der Waals surface area contributed by atoms with Crippen molar-refractivity contribution in [1.82, 2.24) is 19.9 Å². The molecule has 0 amide bonds. The lowest BCUT2D eigenvalue weighted by Gasteiger charge is -2.40. The number of benzene rings is 1. The van der Waals surface area contributed by atoms with E-state index >= 15 is 0 Å². The van der Waals surface area contributed by atoms with E-state index in [2.05, 4.69) is 31.2 Å². The van der Waals surface area contributed by atoms with Gasteiger partial charge >= 0.3 is 0 Å². The van der Waals surface area contributed by atoms with Gasteiger partial charge in [0, 0.05) is 36.7 Å². The van der Waals surface area contributed by atoms with Crippen molar-refractivity contribution in [3.8, 4) is 0 Å². The van der Waals surface area contributed by atoms with Crippen LogP contribution in [-0.4, -0.2) is 52.2 Å². The van der Waals surface area contributed by atoms with Crippen LogP contribution in [-0.2, 0) is 11.2 Å². The number of H-pyrrole nitrogens is 1. The first-order valence-corrected chi connectivity index (χ1v) is 11.9. The van der Waals surface area contributed by atoms with Gasteiger partial charge in [-0.3, -0.25) is 4.90 Å². The molecular formula is C25H28FN5O. The fourth-order valence-electron chi connectivity index (χ4n) is 6.17. The molecule has 7 rings (SSSR count). The molecule has 1 saturated carbocycles. The second-order valence-electron chi connectivity index (χ2n) is 10.1. The number of aryl methyl sites for hydroxylation is 1. The molecule has 166 valence electrons. The Kier molecular flexibility index (Phi) is 4.31. The number of aromatic amines is 1. The topological polar surface area (TPSA) is 66.1 Å². The zero-order valence-corrected chi connectivity index (χ0v) is 18.1. The second-order valence-corrected chi connectivity index (χ2v) is 10.1. The summed E-state index contributed by atoms with van der Waals surface area (Å²) in [6.45, 7) is 3.93. The van der Waals surface area contributed by atoms with Crippen molar-refractivity contribution in [3.63, 3.8) is 0 Å². The highest BCUT2D eigenvalue weighted by atomic mass is 19.1. The van der Waals surface area contributed by atoms with Crippen LogP contribution in [0.4, 0.5) is 10.2 Å². The van der Waals surface area contributed by atoms with Gasteiger partial charge in [0.15, 0.2) is 0 Å². The van der Waals surface area contributed by atoms with Crippen LogP contribution in [0.2, 0.25) is 0 Å². The normalized spacial score (nSPS) is 29.9. The minimum Gasteiger partial charge on any atom is -0.381 e. The Morgan fingerprint density at radius 3 is 2.72 bits per heavy atom. The van der Waals surface area contributed by atoms with Crippen molar-refractivity contribution < 1.29 is 9.13 Å². The number of anilines is 1. The average molecular weight is 434 g/mol. The Hall–Kier alpha value is -2.51. The number of halogens is 1. The fourth-order valence-corrected chi connectivity index (χ4v) is 6.17. The summed E-state index contributed by atoms with van der Waals surface area (Å²) in [5.74, 6) is 2.63. The molecule has 1 unspecified atom stereocenters. The van der Waals surface area contributed by atoms with Gasteiger partial charge in [-0.1, -0.05) is 6.07 Å². The van der Waals surface area contributed by atoms with Gasteiger partial charge in [-0.15, -0.1) is 0 Å². The predicted octanol–water partition coefficient (Wildman–Crippen LogP) is 4.02. The molecule has 2 N–H and O–H groups in total. The van der Waals surface area contributed by atoms with E-state index in [0.717, 1.165) is 61.6 Å². The molecular weight excluding hydrogens is 405 g/mol. The second kappa shape index (κ2) is 7.25. The van der Waals surface area contributed by atoms with E-state index < -0.39 is 0 Å². The Balaban J connectivity index is 1.26. The first kappa shape index (κ1) is 19.0. The van der Waals surface area contributed by atoms with Crippen LogP contribution in [0.3, 0.4) is 0 Å². The third kappa shape index (κ3) is 3.13. The maximum Gasteiger partial charge on any atom is 0.143 e. The molecule has 4 atom stereocenters. The molecule has 0 spiro atoms. The van der Waals surface area contributed by atoms with Gasteiger partial charge in [-0.05, 0) is 60.9 Å². The summed E-state index contributed by atoms with van der Waals surface area (Å²) in [6.07, 6.45) is 6.05. The van der Waals surface area contributed by atoms with Crippen LogP contribution in [0.5, 0.6) is 0 Å². The third-order valence-electron chi connectivity index (χ3n) is 8.03. The third-order valence-corrected chi connectivity index (χ3v) is 8.03. The van der Waals surface area contributed by atoms with Crippen LogP contribution in [0.15, 0.2) is 30.6 Å². The maximum absolute atomic E-state index is 14.0. The van der Waals surface area contributed by atoms with Crippen LogP contribution >= 0.6 is 0 Å². The van der Waals surface area contributed by atoms with E-state index in [9.17, 15) is 4.39 Å². The molecule has 6 nitrogen and oxygen atoms in total. The molecule has 2 aliphatic heterocycles. The van der Waals surface area contributed by atoms with Crippen molar-refractivity contribution >= 4 is 16.9 Å². The van der Waals surface area contributed by atoms with E-state index in [1.165, 1.54) is 24.1 Å². The highest BCUT2D eigenvalue weighted by Gasteiger charge is 2.43. The van der Waals surface area contributed by atoms with E-state index in [4.69, 9.17) is 4.74 Å². The quantitative estimate of drug-likeness (QED) is 0.651. The summed E-state index contributed by atoms with van der Waals surface area (Å²) in [6, 6.07) is 7.92. The molecule has 2 aromatic heterocycles. The summed E-state index contributed by atoms with van der Waals surface area (Å²) >= 11 is 0. The largest absolute Gasteiger partial charge is 0.381 e.